The predicted octanol–water partition coefficient (Wildman–Crippen LogP) is 2.32. The van der Waals surface area contributed by atoms with E-state index >= 15 is 0 Å². The summed E-state index contributed by atoms with van der Waals surface area (Å²) in [7, 11) is 0. The Balaban J connectivity index is 1.81. The van der Waals surface area contributed by atoms with Crippen molar-refractivity contribution in [1.29, 1.82) is 0 Å². The average Bonchev–Trinajstić information content (AvgIpc) is 2.93. The molecule has 2 heterocycles. The first-order valence-corrected chi connectivity index (χ1v) is 8.30. The van der Waals surface area contributed by atoms with E-state index in [1.165, 1.54) is 11.4 Å². The summed E-state index contributed by atoms with van der Waals surface area (Å²) in [6, 6.07) is 11.9. The van der Waals surface area contributed by atoms with Crippen LogP contribution in [0.1, 0.15) is 28.7 Å². The fraction of sp³-hybridized carbons (Fsp3) is 0.421. The molecule has 5 nitrogen and oxygen atoms in total. The number of carbonyl (C=O) groups excluding carboxylic acids is 1. The summed E-state index contributed by atoms with van der Waals surface area (Å²) in [4.78, 5) is 14.6. The van der Waals surface area contributed by atoms with Crippen molar-refractivity contribution in [2.24, 2.45) is 0 Å². The van der Waals surface area contributed by atoms with Gasteiger partial charge in [-0.15, -0.1) is 0 Å². The van der Waals surface area contributed by atoms with Gasteiger partial charge in [0.2, 0.25) is 0 Å². The lowest BCUT2D eigenvalue weighted by Gasteiger charge is -2.37. The third-order valence-electron chi connectivity index (χ3n) is 4.61. The van der Waals surface area contributed by atoms with Crippen LogP contribution < -0.4 is 0 Å². The van der Waals surface area contributed by atoms with Crippen molar-refractivity contribution in [3.63, 3.8) is 0 Å². The molecule has 0 aliphatic carbocycles. The summed E-state index contributed by atoms with van der Waals surface area (Å²) in [5.41, 5.74) is 4.04. The summed E-state index contributed by atoms with van der Waals surface area (Å²) < 4.78 is 7.66. The molecule has 1 aliphatic heterocycles. The van der Waals surface area contributed by atoms with E-state index in [0.717, 1.165) is 5.69 Å². The number of morpholine rings is 1. The van der Waals surface area contributed by atoms with Crippen LogP contribution in [-0.4, -0.2) is 52.4 Å². The Morgan fingerprint density at radius 1 is 1.17 bits per heavy atom. The minimum atomic E-state index is -0.297. The maximum absolute atomic E-state index is 12.8. The second-order valence-corrected chi connectivity index (χ2v) is 6.44. The van der Waals surface area contributed by atoms with Crippen molar-refractivity contribution in [3.05, 3.63) is 53.3 Å². The van der Waals surface area contributed by atoms with Crippen LogP contribution in [0.4, 0.5) is 0 Å². The minimum Gasteiger partial charge on any atom is -0.394 e. The van der Waals surface area contributed by atoms with E-state index in [0.29, 0.717) is 18.7 Å². The van der Waals surface area contributed by atoms with Gasteiger partial charge in [-0.2, -0.15) is 0 Å². The molecule has 1 aromatic carbocycles. The number of hydrogen-bond donors (Lipinski definition) is 1. The van der Waals surface area contributed by atoms with E-state index in [2.05, 4.69) is 30.5 Å². The summed E-state index contributed by atoms with van der Waals surface area (Å²) in [5, 5.41) is 9.28. The van der Waals surface area contributed by atoms with Gasteiger partial charge in [0.05, 0.1) is 25.4 Å². The van der Waals surface area contributed by atoms with Crippen molar-refractivity contribution in [1.82, 2.24) is 9.47 Å². The molecule has 0 radical (unpaired) electrons. The highest BCUT2D eigenvalue weighted by Gasteiger charge is 2.29. The lowest BCUT2D eigenvalue weighted by molar-refractivity contribution is -0.0667. The number of aliphatic hydroxyl groups is 1. The number of benzene rings is 1. The Hall–Kier alpha value is -2.11. The first kappa shape index (κ1) is 16.7. The number of nitrogens with zero attached hydrogens (tertiary/aromatic N) is 2. The second kappa shape index (κ2) is 6.79. The number of rotatable bonds is 3. The zero-order chi connectivity index (χ0) is 17.3. The van der Waals surface area contributed by atoms with Gasteiger partial charge < -0.3 is 19.3 Å². The van der Waals surface area contributed by atoms with Gasteiger partial charge in [0.25, 0.3) is 5.91 Å². The SMILES string of the molecule is Cc1ccc(C)n1-c1ccc(C(=O)N2CC(CO)OCC2C)cc1. The van der Waals surface area contributed by atoms with Crippen molar-refractivity contribution in [2.45, 2.75) is 32.9 Å². The van der Waals surface area contributed by atoms with Crippen LogP contribution in [0.5, 0.6) is 0 Å². The van der Waals surface area contributed by atoms with E-state index in [4.69, 9.17) is 4.74 Å². The molecule has 2 aromatic rings. The van der Waals surface area contributed by atoms with Crippen LogP contribution in [0.3, 0.4) is 0 Å². The number of aryl methyl sites for hydroxylation is 2. The van der Waals surface area contributed by atoms with Crippen molar-refractivity contribution in [3.8, 4) is 5.69 Å². The van der Waals surface area contributed by atoms with Gasteiger partial charge in [0.1, 0.15) is 0 Å². The molecule has 5 heteroatoms. The molecule has 1 aliphatic rings. The van der Waals surface area contributed by atoms with Gasteiger partial charge in [-0.3, -0.25) is 4.79 Å². The molecule has 1 amide bonds. The molecule has 24 heavy (non-hydrogen) atoms. The molecule has 3 rings (SSSR count). The lowest BCUT2D eigenvalue weighted by Crippen LogP contribution is -2.52. The first-order chi connectivity index (χ1) is 11.5. The lowest BCUT2D eigenvalue weighted by atomic mass is 10.1. The second-order valence-electron chi connectivity index (χ2n) is 6.44. The molecular weight excluding hydrogens is 304 g/mol. The number of aromatic nitrogens is 1. The smallest absolute Gasteiger partial charge is 0.254 e. The quantitative estimate of drug-likeness (QED) is 0.941. The third kappa shape index (κ3) is 3.09. The van der Waals surface area contributed by atoms with Crippen LogP contribution in [0.15, 0.2) is 36.4 Å². The maximum atomic E-state index is 12.8. The largest absolute Gasteiger partial charge is 0.394 e. The third-order valence-corrected chi connectivity index (χ3v) is 4.61. The number of carbonyl (C=O) groups is 1. The molecule has 1 aromatic heterocycles. The van der Waals surface area contributed by atoms with Gasteiger partial charge in [-0.1, -0.05) is 0 Å². The average molecular weight is 328 g/mol. The summed E-state index contributed by atoms with van der Waals surface area (Å²) >= 11 is 0. The standard InChI is InChI=1S/C19H24N2O3/c1-13-4-5-14(2)21(13)17-8-6-16(7-9-17)19(23)20-10-18(11-22)24-12-15(20)3/h4-9,15,18,22H,10-12H2,1-3H3. The maximum Gasteiger partial charge on any atom is 0.254 e. The van der Waals surface area contributed by atoms with Gasteiger partial charge in [-0.05, 0) is 57.2 Å². The zero-order valence-corrected chi connectivity index (χ0v) is 14.4. The molecule has 1 saturated heterocycles. The van der Waals surface area contributed by atoms with E-state index in [9.17, 15) is 9.90 Å². The van der Waals surface area contributed by atoms with Gasteiger partial charge >= 0.3 is 0 Å². The Bertz CT molecular complexity index is 701. The number of hydrogen-bond acceptors (Lipinski definition) is 3. The van der Waals surface area contributed by atoms with Crippen molar-refractivity contribution in [2.75, 3.05) is 19.8 Å². The van der Waals surface area contributed by atoms with Crippen molar-refractivity contribution >= 4 is 5.91 Å². The fourth-order valence-electron chi connectivity index (χ4n) is 3.21. The highest BCUT2D eigenvalue weighted by atomic mass is 16.5. The van der Waals surface area contributed by atoms with E-state index in [-0.39, 0.29) is 24.7 Å². The molecule has 0 bridgehead atoms. The topological polar surface area (TPSA) is 54.7 Å². The molecule has 128 valence electrons. The van der Waals surface area contributed by atoms with Gasteiger partial charge in [0.15, 0.2) is 0 Å². The normalized spacial score (nSPS) is 21.1. The summed E-state index contributed by atoms with van der Waals surface area (Å²) in [5.74, 6) is -0.0169. The molecule has 1 fully saturated rings. The molecular formula is C19H24N2O3. The zero-order valence-electron chi connectivity index (χ0n) is 14.4. The molecule has 1 N–H and O–H groups in total. The molecule has 0 saturated carbocycles. The van der Waals surface area contributed by atoms with Crippen molar-refractivity contribution < 1.29 is 14.6 Å². The number of ether oxygens (including phenoxy) is 1. The Labute approximate surface area is 142 Å². The number of aliphatic hydroxyl groups excluding tert-OH is 1. The molecule has 2 atom stereocenters. The van der Waals surface area contributed by atoms with Crippen LogP contribution in [0, 0.1) is 13.8 Å². The number of amides is 1. The Kier molecular flexibility index (Phi) is 4.73. The monoisotopic (exact) mass is 328 g/mol. The van der Waals surface area contributed by atoms with Gasteiger partial charge in [-0.25, -0.2) is 0 Å². The molecule has 2 unspecified atom stereocenters. The highest BCUT2D eigenvalue weighted by molar-refractivity contribution is 5.94. The Morgan fingerprint density at radius 2 is 1.79 bits per heavy atom. The predicted molar refractivity (Wildman–Crippen MR) is 92.6 cm³/mol. The van der Waals surface area contributed by atoms with Crippen LogP contribution in [0.25, 0.3) is 5.69 Å². The summed E-state index contributed by atoms with van der Waals surface area (Å²) in [6.07, 6.45) is -0.297. The van der Waals surface area contributed by atoms with Crippen LogP contribution in [-0.2, 0) is 4.74 Å². The Morgan fingerprint density at radius 3 is 2.38 bits per heavy atom. The summed E-state index contributed by atoms with van der Waals surface area (Å²) in [6.45, 7) is 6.91. The van der Waals surface area contributed by atoms with Crippen LogP contribution >= 0.6 is 0 Å². The first-order valence-electron chi connectivity index (χ1n) is 8.30. The van der Waals surface area contributed by atoms with E-state index in [1.807, 2.05) is 31.2 Å². The van der Waals surface area contributed by atoms with Gasteiger partial charge in [0, 0.05) is 29.2 Å². The van der Waals surface area contributed by atoms with E-state index < -0.39 is 0 Å². The van der Waals surface area contributed by atoms with Crippen LogP contribution in [0.2, 0.25) is 0 Å². The molecule has 0 spiro atoms. The van der Waals surface area contributed by atoms with E-state index in [1.54, 1.807) is 4.90 Å². The highest BCUT2D eigenvalue weighted by Crippen LogP contribution is 2.19. The fourth-order valence-corrected chi connectivity index (χ4v) is 3.21. The minimum absolute atomic E-state index is 0.00825.